The highest BCUT2D eigenvalue weighted by molar-refractivity contribution is 5.97. The van der Waals surface area contributed by atoms with Crippen LogP contribution in [0.2, 0.25) is 0 Å². The fraction of sp³-hybridized carbons (Fsp3) is 0.176. The lowest BCUT2D eigenvalue weighted by atomic mass is 10.1. The van der Waals surface area contributed by atoms with Gasteiger partial charge in [0.25, 0.3) is 0 Å². The Bertz CT molecular complexity index is 708. The van der Waals surface area contributed by atoms with Gasteiger partial charge >= 0.3 is 0 Å². The number of nitrogens with zero attached hydrogens (tertiary/aromatic N) is 1. The number of aryl methyl sites for hydroxylation is 1. The number of Topliss-reactive ketones (excluding diaryl/α,β-unsaturated/α-hetero) is 1. The van der Waals surface area contributed by atoms with Crippen molar-refractivity contribution < 1.29 is 9.21 Å². The second-order valence-corrected chi connectivity index (χ2v) is 4.73. The Kier molecular flexibility index (Phi) is 3.33. The molecule has 0 radical (unpaired) electrons. The number of fused-ring (bicyclic) bond motifs is 1. The number of para-hydroxylation sites is 2. The van der Waals surface area contributed by atoms with E-state index in [1.165, 1.54) is 5.56 Å². The van der Waals surface area contributed by atoms with Crippen molar-refractivity contribution in [3.8, 4) is 0 Å². The molecule has 0 atom stereocenters. The molecule has 0 bridgehead atoms. The number of benzene rings is 2. The predicted molar refractivity (Wildman–Crippen MR) is 77.9 cm³/mol. The van der Waals surface area contributed by atoms with Gasteiger partial charge in [-0.25, -0.2) is 4.98 Å². The van der Waals surface area contributed by atoms with Gasteiger partial charge in [0.05, 0.1) is 6.42 Å². The second-order valence-electron chi connectivity index (χ2n) is 4.73. The number of rotatable bonds is 4. The predicted octanol–water partition coefficient (Wildman–Crippen LogP) is 3.82. The van der Waals surface area contributed by atoms with Gasteiger partial charge in [0, 0.05) is 5.56 Å². The number of ketones is 1. The first kappa shape index (κ1) is 12.6. The summed E-state index contributed by atoms with van der Waals surface area (Å²) in [7, 11) is 0. The maximum absolute atomic E-state index is 12.2. The van der Waals surface area contributed by atoms with Crippen LogP contribution in [0.25, 0.3) is 11.1 Å². The van der Waals surface area contributed by atoms with Crippen molar-refractivity contribution >= 4 is 16.9 Å². The molecule has 0 aliphatic rings. The molecule has 0 saturated heterocycles. The Labute approximate surface area is 117 Å². The summed E-state index contributed by atoms with van der Waals surface area (Å²) < 4.78 is 5.57. The van der Waals surface area contributed by atoms with Gasteiger partial charge in [0.1, 0.15) is 5.52 Å². The number of carbonyl (C=O) groups is 1. The maximum atomic E-state index is 12.2. The van der Waals surface area contributed by atoms with Gasteiger partial charge in [-0.05, 0) is 24.1 Å². The Morgan fingerprint density at radius 3 is 2.55 bits per heavy atom. The van der Waals surface area contributed by atoms with Crippen LogP contribution in [-0.4, -0.2) is 10.8 Å². The van der Waals surface area contributed by atoms with Crippen LogP contribution in [0.15, 0.2) is 52.9 Å². The lowest BCUT2D eigenvalue weighted by Gasteiger charge is -2.00. The van der Waals surface area contributed by atoms with Gasteiger partial charge in [-0.1, -0.05) is 43.3 Å². The molecule has 3 heteroatoms. The van der Waals surface area contributed by atoms with Crippen LogP contribution in [0, 0.1) is 0 Å². The highest BCUT2D eigenvalue weighted by Crippen LogP contribution is 2.16. The Balaban J connectivity index is 1.80. The van der Waals surface area contributed by atoms with Gasteiger partial charge in [0.15, 0.2) is 11.4 Å². The summed E-state index contributed by atoms with van der Waals surface area (Å²) in [5.74, 6) is 0.495. The average molecular weight is 265 g/mol. The first-order chi connectivity index (χ1) is 9.76. The van der Waals surface area contributed by atoms with E-state index in [4.69, 9.17) is 4.42 Å². The third kappa shape index (κ3) is 2.48. The minimum atomic E-state index is 0.0270. The van der Waals surface area contributed by atoms with E-state index in [1.54, 1.807) is 0 Å². The molecule has 0 amide bonds. The zero-order valence-electron chi connectivity index (χ0n) is 11.3. The van der Waals surface area contributed by atoms with Crippen molar-refractivity contribution in [1.29, 1.82) is 0 Å². The zero-order valence-corrected chi connectivity index (χ0v) is 11.3. The summed E-state index contributed by atoms with van der Waals surface area (Å²) in [6, 6.07) is 15.2. The van der Waals surface area contributed by atoms with Gasteiger partial charge in [-0.2, -0.15) is 0 Å². The molecular formula is C17H15NO2. The number of hydrogen-bond donors (Lipinski definition) is 0. The van der Waals surface area contributed by atoms with Crippen LogP contribution in [-0.2, 0) is 12.8 Å². The topological polar surface area (TPSA) is 43.1 Å². The molecule has 3 rings (SSSR count). The summed E-state index contributed by atoms with van der Waals surface area (Å²) in [5.41, 5.74) is 3.43. The number of carbonyl (C=O) groups excluding carboxylic acids is 1. The molecule has 2 aromatic carbocycles. The maximum Gasteiger partial charge on any atom is 0.203 e. The summed E-state index contributed by atoms with van der Waals surface area (Å²) in [4.78, 5) is 16.5. The monoisotopic (exact) mass is 265 g/mol. The first-order valence-electron chi connectivity index (χ1n) is 6.73. The Morgan fingerprint density at radius 1 is 1.10 bits per heavy atom. The third-order valence-electron chi connectivity index (χ3n) is 3.33. The molecule has 0 fully saturated rings. The van der Waals surface area contributed by atoms with Gasteiger partial charge in [-0.15, -0.1) is 0 Å². The summed E-state index contributed by atoms with van der Waals surface area (Å²) >= 11 is 0. The molecule has 0 spiro atoms. The quantitative estimate of drug-likeness (QED) is 0.673. The molecular weight excluding hydrogens is 250 g/mol. The summed E-state index contributed by atoms with van der Waals surface area (Å²) in [6.45, 7) is 2.09. The molecule has 1 aromatic heterocycles. The molecule has 0 unspecified atom stereocenters. The molecule has 100 valence electrons. The number of hydrogen-bond acceptors (Lipinski definition) is 3. The van der Waals surface area contributed by atoms with Gasteiger partial charge in [-0.3, -0.25) is 4.79 Å². The standard InChI is InChI=1S/C17H15NO2/c1-2-12-7-9-13(10-8-12)15(19)11-17-18-14-5-3-4-6-16(14)20-17/h3-10H,2,11H2,1H3. The minimum absolute atomic E-state index is 0.0270. The van der Waals surface area contributed by atoms with Crippen LogP contribution >= 0.6 is 0 Å². The molecule has 1 heterocycles. The minimum Gasteiger partial charge on any atom is -0.440 e. The van der Waals surface area contributed by atoms with E-state index in [2.05, 4.69) is 11.9 Å². The Hall–Kier alpha value is -2.42. The SMILES string of the molecule is CCc1ccc(C(=O)Cc2nc3ccccc3o2)cc1. The smallest absolute Gasteiger partial charge is 0.203 e. The number of aromatic nitrogens is 1. The second kappa shape index (κ2) is 5.29. The molecule has 0 aliphatic carbocycles. The lowest BCUT2D eigenvalue weighted by Crippen LogP contribution is -2.03. The van der Waals surface area contributed by atoms with E-state index in [0.29, 0.717) is 11.5 Å². The molecule has 0 aliphatic heterocycles. The van der Waals surface area contributed by atoms with Crippen molar-refractivity contribution in [2.75, 3.05) is 0 Å². The largest absolute Gasteiger partial charge is 0.440 e. The zero-order chi connectivity index (χ0) is 13.9. The average Bonchev–Trinajstić information content (AvgIpc) is 2.89. The van der Waals surface area contributed by atoms with Crippen molar-refractivity contribution in [3.05, 3.63) is 65.5 Å². The van der Waals surface area contributed by atoms with E-state index in [-0.39, 0.29) is 12.2 Å². The molecule has 3 aromatic rings. The van der Waals surface area contributed by atoms with Crippen LogP contribution in [0.1, 0.15) is 28.7 Å². The summed E-state index contributed by atoms with van der Waals surface area (Å²) in [5, 5.41) is 0. The van der Waals surface area contributed by atoms with Crippen LogP contribution in [0.4, 0.5) is 0 Å². The highest BCUT2D eigenvalue weighted by atomic mass is 16.3. The number of oxazole rings is 1. The van der Waals surface area contributed by atoms with E-state index < -0.39 is 0 Å². The lowest BCUT2D eigenvalue weighted by molar-refractivity contribution is 0.0986. The van der Waals surface area contributed by atoms with E-state index in [9.17, 15) is 4.79 Å². The van der Waals surface area contributed by atoms with Crippen LogP contribution in [0.5, 0.6) is 0 Å². The van der Waals surface area contributed by atoms with Crippen LogP contribution in [0.3, 0.4) is 0 Å². The van der Waals surface area contributed by atoms with Crippen LogP contribution < -0.4 is 0 Å². The third-order valence-corrected chi connectivity index (χ3v) is 3.33. The molecule has 3 nitrogen and oxygen atoms in total. The fourth-order valence-electron chi connectivity index (χ4n) is 2.16. The molecule has 20 heavy (non-hydrogen) atoms. The van der Waals surface area contributed by atoms with Gasteiger partial charge in [0.2, 0.25) is 5.89 Å². The van der Waals surface area contributed by atoms with Crippen molar-refractivity contribution in [2.24, 2.45) is 0 Å². The summed E-state index contributed by atoms with van der Waals surface area (Å²) in [6.07, 6.45) is 1.17. The first-order valence-corrected chi connectivity index (χ1v) is 6.73. The van der Waals surface area contributed by atoms with E-state index in [0.717, 1.165) is 17.5 Å². The van der Waals surface area contributed by atoms with E-state index >= 15 is 0 Å². The molecule has 0 N–H and O–H groups in total. The highest BCUT2D eigenvalue weighted by Gasteiger charge is 2.12. The van der Waals surface area contributed by atoms with E-state index in [1.807, 2.05) is 48.5 Å². The fourth-order valence-corrected chi connectivity index (χ4v) is 2.16. The van der Waals surface area contributed by atoms with Crippen molar-refractivity contribution in [1.82, 2.24) is 4.98 Å². The molecule has 0 saturated carbocycles. The Morgan fingerprint density at radius 2 is 1.85 bits per heavy atom. The van der Waals surface area contributed by atoms with Gasteiger partial charge < -0.3 is 4.42 Å². The van der Waals surface area contributed by atoms with Crippen molar-refractivity contribution in [3.63, 3.8) is 0 Å². The van der Waals surface area contributed by atoms with Crippen molar-refractivity contribution in [2.45, 2.75) is 19.8 Å². The normalized spacial score (nSPS) is 10.8.